The summed E-state index contributed by atoms with van der Waals surface area (Å²) < 4.78 is 38.8. The fraction of sp³-hybridized carbons (Fsp3) is 0.300. The maximum absolute atomic E-state index is 13.4. The summed E-state index contributed by atoms with van der Waals surface area (Å²) in [5.74, 6) is -0.297. The molecular weight excluding hydrogens is 471 g/mol. The van der Waals surface area contributed by atoms with Gasteiger partial charge in [0.05, 0.1) is 4.90 Å². The first-order chi connectivity index (χ1) is 17.4. The predicted molar refractivity (Wildman–Crippen MR) is 150 cm³/mol. The molecule has 0 aliphatic heterocycles. The third-order valence-corrected chi connectivity index (χ3v) is 6.07. The first kappa shape index (κ1) is 30.8. The molecule has 0 radical (unpaired) electrons. The molecule has 0 aliphatic carbocycles. The van der Waals surface area contributed by atoms with Gasteiger partial charge in [0.25, 0.3) is 0 Å². The Labute approximate surface area is 216 Å². The van der Waals surface area contributed by atoms with Crippen molar-refractivity contribution in [2.24, 2.45) is 0 Å². The van der Waals surface area contributed by atoms with Crippen molar-refractivity contribution < 1.29 is 12.8 Å². The van der Waals surface area contributed by atoms with Gasteiger partial charge in [0.15, 0.2) is 9.84 Å². The highest BCUT2D eigenvalue weighted by Gasteiger charge is 2.15. The number of benzene rings is 3. The van der Waals surface area contributed by atoms with E-state index in [2.05, 4.69) is 12.1 Å². The molecule has 3 aromatic carbocycles. The zero-order valence-electron chi connectivity index (χ0n) is 22.5. The Morgan fingerprint density at radius 3 is 1.81 bits per heavy atom. The number of halogens is 1. The Morgan fingerprint density at radius 1 is 0.750 bits per heavy atom. The van der Waals surface area contributed by atoms with Crippen LogP contribution in [0.4, 0.5) is 4.39 Å². The predicted octanol–water partition coefficient (Wildman–Crippen LogP) is 8.08. The van der Waals surface area contributed by atoms with E-state index in [1.807, 2.05) is 70.6 Å². The van der Waals surface area contributed by atoms with E-state index in [0.717, 1.165) is 28.8 Å². The van der Waals surface area contributed by atoms with Crippen LogP contribution in [0.25, 0.3) is 22.4 Å². The van der Waals surface area contributed by atoms with Crippen molar-refractivity contribution in [2.75, 3.05) is 6.26 Å². The second-order valence-electron chi connectivity index (χ2n) is 7.19. The minimum absolute atomic E-state index is 0.262. The summed E-state index contributed by atoms with van der Waals surface area (Å²) in [4.78, 5) is 0.262. The molecular formula is C30H39FN2O2S. The van der Waals surface area contributed by atoms with E-state index >= 15 is 0 Å². The van der Waals surface area contributed by atoms with Crippen LogP contribution in [0.15, 0.2) is 90.0 Å². The maximum atomic E-state index is 13.4. The molecule has 0 saturated carbocycles. The molecule has 4 rings (SSSR count). The molecule has 4 nitrogen and oxygen atoms in total. The van der Waals surface area contributed by atoms with Gasteiger partial charge in [-0.1, -0.05) is 96.1 Å². The first-order valence-corrected chi connectivity index (χ1v) is 14.5. The average Bonchev–Trinajstić information content (AvgIpc) is 3.36. The van der Waals surface area contributed by atoms with Crippen LogP contribution in [0.3, 0.4) is 0 Å². The highest BCUT2D eigenvalue weighted by molar-refractivity contribution is 7.90. The Kier molecular flexibility index (Phi) is 13.4. The number of rotatable bonds is 6. The molecule has 0 N–H and O–H groups in total. The summed E-state index contributed by atoms with van der Waals surface area (Å²) in [5.41, 5.74) is 4.48. The van der Waals surface area contributed by atoms with Crippen molar-refractivity contribution in [3.8, 4) is 22.4 Å². The fourth-order valence-electron chi connectivity index (χ4n) is 3.34. The van der Waals surface area contributed by atoms with Gasteiger partial charge in [0.1, 0.15) is 11.5 Å². The Bertz CT molecular complexity index is 1250. The summed E-state index contributed by atoms with van der Waals surface area (Å²) >= 11 is 0. The second kappa shape index (κ2) is 15.7. The van der Waals surface area contributed by atoms with Gasteiger partial charge >= 0.3 is 0 Å². The van der Waals surface area contributed by atoms with Crippen molar-refractivity contribution >= 4 is 9.84 Å². The average molecular weight is 511 g/mol. The van der Waals surface area contributed by atoms with Gasteiger partial charge in [-0.25, -0.2) is 12.8 Å². The van der Waals surface area contributed by atoms with Gasteiger partial charge in [0, 0.05) is 30.1 Å². The topological polar surface area (TPSA) is 52.0 Å². The van der Waals surface area contributed by atoms with Crippen LogP contribution in [0, 0.1) is 5.82 Å². The van der Waals surface area contributed by atoms with Gasteiger partial charge in [-0.05, 0) is 41.8 Å². The number of sulfone groups is 1. The first-order valence-electron chi connectivity index (χ1n) is 12.6. The maximum Gasteiger partial charge on any atom is 0.175 e. The Morgan fingerprint density at radius 2 is 1.28 bits per heavy atom. The normalized spacial score (nSPS) is 10.1. The summed E-state index contributed by atoms with van der Waals surface area (Å²) in [7, 11) is -3.27. The summed E-state index contributed by atoms with van der Waals surface area (Å²) in [6.07, 6.45) is 3.97. The van der Waals surface area contributed by atoms with Crippen molar-refractivity contribution in [1.29, 1.82) is 0 Å². The second-order valence-corrected chi connectivity index (χ2v) is 9.21. The zero-order valence-corrected chi connectivity index (χ0v) is 23.3. The third-order valence-electron chi connectivity index (χ3n) is 4.95. The van der Waals surface area contributed by atoms with Crippen LogP contribution in [0.2, 0.25) is 0 Å². The van der Waals surface area contributed by atoms with Crippen LogP contribution in [0.5, 0.6) is 0 Å². The molecule has 0 unspecified atom stereocenters. The smallest absolute Gasteiger partial charge is 0.175 e. The number of aromatic nitrogens is 2. The number of hydrogen-bond acceptors (Lipinski definition) is 3. The molecule has 36 heavy (non-hydrogen) atoms. The van der Waals surface area contributed by atoms with Gasteiger partial charge in [-0.15, -0.1) is 0 Å². The highest BCUT2D eigenvalue weighted by Crippen LogP contribution is 2.32. The quantitative estimate of drug-likeness (QED) is 0.263. The monoisotopic (exact) mass is 510 g/mol. The van der Waals surface area contributed by atoms with Gasteiger partial charge in [-0.2, -0.15) is 5.10 Å². The molecule has 0 saturated heterocycles. The molecule has 0 fully saturated rings. The molecule has 194 valence electrons. The van der Waals surface area contributed by atoms with Gasteiger partial charge < -0.3 is 0 Å². The van der Waals surface area contributed by atoms with Crippen molar-refractivity contribution in [2.45, 2.75) is 59.4 Å². The SMILES string of the molecule is CC.CC.CC.CS(=O)(=O)c1ccc(-c2nn(CCc3ccccc3)cc2-c2ccc(F)cc2)cc1. The molecule has 4 aromatic rings. The number of hydrogen-bond donors (Lipinski definition) is 0. The molecule has 0 bridgehead atoms. The largest absolute Gasteiger partial charge is 0.271 e. The van der Waals surface area contributed by atoms with Crippen molar-refractivity contribution in [3.05, 3.63) is 96.4 Å². The zero-order chi connectivity index (χ0) is 27.1. The van der Waals surface area contributed by atoms with Crippen LogP contribution >= 0.6 is 0 Å². The minimum Gasteiger partial charge on any atom is -0.271 e. The lowest BCUT2D eigenvalue weighted by Crippen LogP contribution is -2.02. The van der Waals surface area contributed by atoms with E-state index in [0.29, 0.717) is 6.54 Å². The molecule has 0 aliphatic rings. The highest BCUT2D eigenvalue weighted by atomic mass is 32.2. The molecule has 0 spiro atoms. The Hall–Kier alpha value is -3.25. The third kappa shape index (κ3) is 8.76. The summed E-state index contributed by atoms with van der Waals surface area (Å²) in [5, 5.41) is 4.76. The van der Waals surface area contributed by atoms with Crippen molar-refractivity contribution in [3.63, 3.8) is 0 Å². The van der Waals surface area contributed by atoms with Crippen molar-refractivity contribution in [1.82, 2.24) is 9.78 Å². The molecule has 6 heteroatoms. The molecule has 0 atom stereocenters. The lowest BCUT2D eigenvalue weighted by atomic mass is 10.0. The summed E-state index contributed by atoms with van der Waals surface area (Å²) in [6.45, 7) is 12.7. The van der Waals surface area contributed by atoms with Gasteiger partial charge in [-0.3, -0.25) is 4.68 Å². The van der Waals surface area contributed by atoms with Crippen LogP contribution in [-0.2, 0) is 22.8 Å². The summed E-state index contributed by atoms with van der Waals surface area (Å²) in [6, 6.07) is 23.1. The van der Waals surface area contributed by atoms with E-state index in [-0.39, 0.29) is 10.7 Å². The van der Waals surface area contributed by atoms with E-state index in [4.69, 9.17) is 5.10 Å². The Balaban J connectivity index is 0.00000101. The van der Waals surface area contributed by atoms with Gasteiger partial charge in [0.2, 0.25) is 0 Å². The van der Waals surface area contributed by atoms with E-state index in [1.165, 1.54) is 24.0 Å². The fourth-order valence-corrected chi connectivity index (χ4v) is 3.97. The number of nitrogens with zero attached hydrogens (tertiary/aromatic N) is 2. The lowest BCUT2D eigenvalue weighted by Gasteiger charge is -2.04. The molecule has 0 amide bonds. The molecule has 1 aromatic heterocycles. The van der Waals surface area contributed by atoms with Crippen LogP contribution in [-0.4, -0.2) is 24.5 Å². The molecule has 1 heterocycles. The van der Waals surface area contributed by atoms with E-state index in [9.17, 15) is 12.8 Å². The standard InChI is InChI=1S/C24H21FN2O2S.3C2H6/c1-30(28,29)22-13-9-20(10-14-22)24-23(19-7-11-21(25)12-8-19)17-27(26-24)16-15-18-5-3-2-4-6-18;3*1-2/h2-14,17H,15-16H2,1H3;3*1-2H3. The minimum atomic E-state index is -3.27. The number of aryl methyl sites for hydroxylation is 2. The van der Waals surface area contributed by atoms with E-state index < -0.39 is 9.84 Å². The van der Waals surface area contributed by atoms with E-state index in [1.54, 1.807) is 36.4 Å². The van der Waals surface area contributed by atoms with Crippen LogP contribution in [0.1, 0.15) is 47.1 Å². The lowest BCUT2D eigenvalue weighted by molar-refractivity contribution is 0.602. The van der Waals surface area contributed by atoms with Crippen LogP contribution < -0.4 is 0 Å².